The van der Waals surface area contributed by atoms with Crippen LogP contribution in [-0.4, -0.2) is 26.1 Å². The monoisotopic (exact) mass is 499 g/mol. The van der Waals surface area contributed by atoms with Gasteiger partial charge in [0, 0.05) is 23.7 Å². The summed E-state index contributed by atoms with van der Waals surface area (Å²) in [4.78, 5) is 36.9. The lowest BCUT2D eigenvalue weighted by Gasteiger charge is -2.17. The van der Waals surface area contributed by atoms with Gasteiger partial charge in [-0.15, -0.1) is 11.3 Å². The average Bonchev–Trinajstić information content (AvgIpc) is 3.24. The van der Waals surface area contributed by atoms with Crippen LogP contribution in [0.5, 0.6) is 0 Å². The Morgan fingerprint density at radius 1 is 1.09 bits per heavy atom. The van der Waals surface area contributed by atoms with E-state index in [1.165, 1.54) is 23.1 Å². The molecule has 0 radical (unpaired) electrons. The number of nitrogens with zero attached hydrogens (tertiary/aromatic N) is 3. The van der Waals surface area contributed by atoms with Crippen molar-refractivity contribution in [2.75, 3.05) is 5.75 Å². The van der Waals surface area contributed by atoms with Crippen LogP contribution in [0.3, 0.4) is 0 Å². The SMILES string of the molecule is Cc1ccc(C(=O)CSc2nc3c(sc4ncccc43)c(=O)n2C[C@@H](C)c2ccccc2)c(C)c1. The fourth-order valence-corrected chi connectivity index (χ4v) is 6.22. The van der Waals surface area contributed by atoms with Gasteiger partial charge in [0.05, 0.1) is 11.3 Å². The van der Waals surface area contributed by atoms with Crippen molar-refractivity contribution in [2.45, 2.75) is 38.4 Å². The molecule has 5 aromatic rings. The molecule has 0 saturated heterocycles. The molecular formula is C28H25N3O2S2. The first-order chi connectivity index (χ1) is 16.9. The zero-order valence-corrected chi connectivity index (χ0v) is 21.5. The Morgan fingerprint density at radius 2 is 1.89 bits per heavy atom. The molecule has 0 unspecified atom stereocenters. The topological polar surface area (TPSA) is 64.8 Å². The minimum Gasteiger partial charge on any atom is -0.293 e. The molecule has 0 N–H and O–H groups in total. The number of hydrogen-bond acceptors (Lipinski definition) is 6. The highest BCUT2D eigenvalue weighted by Crippen LogP contribution is 2.31. The second kappa shape index (κ2) is 9.76. The number of carbonyl (C=O) groups excluding carboxylic acids is 1. The highest BCUT2D eigenvalue weighted by atomic mass is 32.2. The number of ketones is 1. The maximum Gasteiger partial charge on any atom is 0.272 e. The number of hydrogen-bond donors (Lipinski definition) is 0. The molecule has 5 rings (SSSR count). The van der Waals surface area contributed by atoms with Gasteiger partial charge in [-0.05, 0) is 43.0 Å². The van der Waals surface area contributed by atoms with Crippen LogP contribution in [0.15, 0.2) is 76.8 Å². The molecule has 1 atom stereocenters. The van der Waals surface area contributed by atoms with Gasteiger partial charge >= 0.3 is 0 Å². The van der Waals surface area contributed by atoms with E-state index in [0.29, 0.717) is 27.5 Å². The van der Waals surface area contributed by atoms with E-state index < -0.39 is 0 Å². The first kappa shape index (κ1) is 23.5. The first-order valence-corrected chi connectivity index (χ1v) is 13.3. The maximum absolute atomic E-state index is 13.7. The Kier molecular flexibility index (Phi) is 6.54. The molecule has 3 aromatic heterocycles. The van der Waals surface area contributed by atoms with Gasteiger partial charge in [-0.25, -0.2) is 9.97 Å². The molecule has 0 bridgehead atoms. The van der Waals surface area contributed by atoms with Crippen molar-refractivity contribution in [1.82, 2.24) is 14.5 Å². The van der Waals surface area contributed by atoms with E-state index >= 15 is 0 Å². The summed E-state index contributed by atoms with van der Waals surface area (Å²) in [5.41, 5.74) is 4.53. The van der Waals surface area contributed by atoms with Crippen LogP contribution in [0.25, 0.3) is 20.4 Å². The third-order valence-electron chi connectivity index (χ3n) is 6.16. The van der Waals surface area contributed by atoms with Crippen LogP contribution in [0.1, 0.15) is 39.9 Å². The van der Waals surface area contributed by atoms with Crippen LogP contribution in [0, 0.1) is 13.8 Å². The van der Waals surface area contributed by atoms with Gasteiger partial charge in [0.25, 0.3) is 5.56 Å². The second-order valence-electron chi connectivity index (χ2n) is 8.79. The minimum absolute atomic E-state index is 0.0290. The summed E-state index contributed by atoms with van der Waals surface area (Å²) in [6.07, 6.45) is 1.73. The van der Waals surface area contributed by atoms with Crippen molar-refractivity contribution >= 4 is 49.3 Å². The zero-order valence-electron chi connectivity index (χ0n) is 19.8. The summed E-state index contributed by atoms with van der Waals surface area (Å²) in [7, 11) is 0. The molecule has 0 saturated carbocycles. The van der Waals surface area contributed by atoms with Gasteiger partial charge in [-0.1, -0.05) is 72.8 Å². The van der Waals surface area contributed by atoms with Crippen LogP contribution in [-0.2, 0) is 6.54 Å². The Bertz CT molecular complexity index is 1610. The summed E-state index contributed by atoms with van der Waals surface area (Å²) < 4.78 is 2.33. The number of benzene rings is 2. The minimum atomic E-state index is -0.0813. The van der Waals surface area contributed by atoms with Crippen LogP contribution in [0.2, 0.25) is 0 Å². The summed E-state index contributed by atoms with van der Waals surface area (Å²) in [6, 6.07) is 19.8. The predicted molar refractivity (Wildman–Crippen MR) is 145 cm³/mol. The van der Waals surface area contributed by atoms with Gasteiger partial charge in [-0.3, -0.25) is 14.2 Å². The Hall–Kier alpha value is -3.29. The first-order valence-electron chi connectivity index (χ1n) is 11.5. The average molecular weight is 500 g/mol. The van der Waals surface area contributed by atoms with Gasteiger partial charge in [0.2, 0.25) is 0 Å². The third kappa shape index (κ3) is 4.66. The number of thioether (sulfide) groups is 1. The largest absolute Gasteiger partial charge is 0.293 e. The normalized spacial score (nSPS) is 12.3. The summed E-state index contributed by atoms with van der Waals surface area (Å²) >= 11 is 2.70. The number of carbonyl (C=O) groups is 1. The number of thiophene rings is 1. The van der Waals surface area contributed by atoms with Crippen molar-refractivity contribution in [2.24, 2.45) is 0 Å². The van der Waals surface area contributed by atoms with Crippen molar-refractivity contribution in [3.63, 3.8) is 0 Å². The fourth-order valence-electron chi connectivity index (χ4n) is 4.31. The quantitative estimate of drug-likeness (QED) is 0.147. The number of fused-ring (bicyclic) bond motifs is 3. The third-order valence-corrected chi connectivity index (χ3v) is 8.22. The lowest BCUT2D eigenvalue weighted by molar-refractivity contribution is 0.102. The number of pyridine rings is 1. The molecule has 0 amide bonds. The van der Waals surface area contributed by atoms with E-state index in [0.717, 1.165) is 26.9 Å². The van der Waals surface area contributed by atoms with Crippen LogP contribution < -0.4 is 5.56 Å². The summed E-state index contributed by atoms with van der Waals surface area (Å²) in [5, 5.41) is 1.43. The molecule has 0 aliphatic heterocycles. The molecule has 0 aliphatic carbocycles. The predicted octanol–water partition coefficient (Wildman–Crippen LogP) is 6.40. The Labute approximate surface area is 211 Å². The molecule has 5 nitrogen and oxygen atoms in total. The molecule has 7 heteroatoms. The highest BCUT2D eigenvalue weighted by molar-refractivity contribution is 7.99. The molecule has 2 aromatic carbocycles. The molecule has 3 heterocycles. The summed E-state index contributed by atoms with van der Waals surface area (Å²) in [6.45, 7) is 6.56. The van der Waals surface area contributed by atoms with Crippen LogP contribution in [0.4, 0.5) is 0 Å². The second-order valence-corrected chi connectivity index (χ2v) is 10.7. The van der Waals surface area contributed by atoms with E-state index in [1.54, 1.807) is 10.8 Å². The molecular weight excluding hydrogens is 474 g/mol. The number of Topliss-reactive ketones (excluding diaryl/α,β-unsaturated/α-hetero) is 1. The number of rotatable bonds is 7. The smallest absolute Gasteiger partial charge is 0.272 e. The van der Waals surface area contributed by atoms with E-state index in [2.05, 4.69) is 24.0 Å². The van der Waals surface area contributed by atoms with Gasteiger partial charge < -0.3 is 0 Å². The van der Waals surface area contributed by atoms with Crippen molar-refractivity contribution in [1.29, 1.82) is 0 Å². The number of aromatic nitrogens is 3. The molecule has 35 heavy (non-hydrogen) atoms. The van der Waals surface area contributed by atoms with Gasteiger partial charge in [0.1, 0.15) is 9.53 Å². The van der Waals surface area contributed by atoms with Crippen LogP contribution >= 0.6 is 23.1 Å². The zero-order chi connectivity index (χ0) is 24.5. The molecule has 0 fully saturated rings. The molecule has 0 spiro atoms. The lowest BCUT2D eigenvalue weighted by Crippen LogP contribution is -2.25. The molecule has 176 valence electrons. The highest BCUT2D eigenvalue weighted by Gasteiger charge is 2.20. The Balaban J connectivity index is 1.55. The Morgan fingerprint density at radius 3 is 2.66 bits per heavy atom. The standard InChI is InChI=1S/C28H25N3O2S2/c1-17-11-12-21(18(2)14-17)23(32)16-34-28-30-24-22-10-7-13-29-26(22)35-25(24)27(33)31(28)15-19(3)20-8-5-4-6-9-20/h4-14,19H,15-16H2,1-3H3/t19-/m1/s1. The lowest BCUT2D eigenvalue weighted by atomic mass is 10.0. The van der Waals surface area contributed by atoms with Crippen molar-refractivity contribution in [3.8, 4) is 0 Å². The van der Waals surface area contributed by atoms with Gasteiger partial charge in [-0.2, -0.15) is 0 Å². The number of aryl methyl sites for hydroxylation is 2. The van der Waals surface area contributed by atoms with E-state index in [-0.39, 0.29) is 23.0 Å². The van der Waals surface area contributed by atoms with Gasteiger partial charge in [0.15, 0.2) is 10.9 Å². The van der Waals surface area contributed by atoms with E-state index in [9.17, 15) is 9.59 Å². The fraction of sp³-hybridized carbons (Fsp3) is 0.214. The van der Waals surface area contributed by atoms with Crippen molar-refractivity contribution < 1.29 is 4.79 Å². The molecule has 0 aliphatic rings. The van der Waals surface area contributed by atoms with E-state index in [4.69, 9.17) is 4.98 Å². The van der Waals surface area contributed by atoms with Crippen molar-refractivity contribution in [3.05, 3.63) is 99.5 Å². The summed E-state index contributed by atoms with van der Waals surface area (Å²) in [5.74, 6) is 0.346. The van der Waals surface area contributed by atoms with E-state index in [1.807, 2.05) is 62.4 Å². The maximum atomic E-state index is 13.7.